The first-order valence-electron chi connectivity index (χ1n) is 12.2. The van der Waals surface area contributed by atoms with Crippen molar-refractivity contribution in [2.75, 3.05) is 5.48 Å². The molecule has 190 valence electrons. The van der Waals surface area contributed by atoms with E-state index in [1.807, 2.05) is 24.3 Å². The highest BCUT2D eigenvalue weighted by atomic mass is 17.2. The summed E-state index contributed by atoms with van der Waals surface area (Å²) in [7, 11) is 0. The molecule has 0 aliphatic rings. The maximum absolute atomic E-state index is 11.7. The molecule has 0 aliphatic carbocycles. The topological polar surface area (TPSA) is 92.4 Å². The summed E-state index contributed by atoms with van der Waals surface area (Å²) in [4.78, 5) is 5.52. The van der Waals surface area contributed by atoms with Crippen molar-refractivity contribution in [1.82, 2.24) is 15.0 Å². The number of hydrogen-bond acceptors (Lipinski definition) is 6. The van der Waals surface area contributed by atoms with Gasteiger partial charge >= 0.3 is 0 Å². The van der Waals surface area contributed by atoms with Gasteiger partial charge < -0.3 is 5.11 Å². The van der Waals surface area contributed by atoms with Gasteiger partial charge in [0.2, 0.25) is 0 Å². The summed E-state index contributed by atoms with van der Waals surface area (Å²) in [6.45, 7) is 15.5. The van der Waals surface area contributed by atoms with Crippen LogP contribution in [-0.4, -0.2) is 25.4 Å². The van der Waals surface area contributed by atoms with Crippen molar-refractivity contribution in [1.29, 1.82) is 0 Å². The Morgan fingerprint density at radius 3 is 2.14 bits per heavy atom. The smallest absolute Gasteiger partial charge is 0.147 e. The number of benzene rings is 3. The molecule has 0 atom stereocenters. The van der Waals surface area contributed by atoms with Gasteiger partial charge in [-0.15, -0.1) is 20.0 Å². The van der Waals surface area contributed by atoms with Crippen molar-refractivity contribution < 1.29 is 15.4 Å². The van der Waals surface area contributed by atoms with Crippen LogP contribution in [-0.2, 0) is 15.8 Å². The second-order valence-corrected chi connectivity index (χ2v) is 11.9. The van der Waals surface area contributed by atoms with Crippen LogP contribution in [0.1, 0.15) is 71.6 Å². The van der Waals surface area contributed by atoms with Crippen LogP contribution in [0, 0.1) is 5.41 Å². The summed E-state index contributed by atoms with van der Waals surface area (Å²) in [5.74, 6) is 0.150. The largest absolute Gasteiger partial charge is 0.505 e. The first-order valence-corrected chi connectivity index (χ1v) is 12.2. The van der Waals surface area contributed by atoms with E-state index in [2.05, 4.69) is 87.3 Å². The van der Waals surface area contributed by atoms with E-state index in [0.29, 0.717) is 22.4 Å². The Kier molecular flexibility index (Phi) is 6.58. The van der Waals surface area contributed by atoms with E-state index >= 15 is 0 Å². The average molecular weight is 489 g/mol. The molecule has 7 nitrogen and oxygen atoms in total. The summed E-state index contributed by atoms with van der Waals surface area (Å²) in [5, 5.41) is 29.7. The number of anilines is 1. The zero-order valence-electron chi connectivity index (χ0n) is 22.1. The second kappa shape index (κ2) is 9.22. The van der Waals surface area contributed by atoms with Gasteiger partial charge in [0.25, 0.3) is 0 Å². The lowest BCUT2D eigenvalue weighted by Crippen LogP contribution is -2.27. The van der Waals surface area contributed by atoms with Gasteiger partial charge in [0, 0.05) is 11.0 Å². The third kappa shape index (κ3) is 5.08. The van der Waals surface area contributed by atoms with Crippen LogP contribution >= 0.6 is 0 Å². The van der Waals surface area contributed by atoms with Crippen molar-refractivity contribution in [3.8, 4) is 11.4 Å². The van der Waals surface area contributed by atoms with E-state index in [4.69, 9.17) is 5.26 Å². The number of nitrogens with one attached hydrogen (secondary N) is 1. The highest BCUT2D eigenvalue weighted by Gasteiger charge is 2.33. The summed E-state index contributed by atoms with van der Waals surface area (Å²) in [6.07, 6.45) is 0.958. The quantitative estimate of drug-likeness (QED) is 0.192. The van der Waals surface area contributed by atoms with Crippen LogP contribution in [0.3, 0.4) is 0 Å². The minimum absolute atomic E-state index is 0.119. The fourth-order valence-electron chi connectivity index (χ4n) is 5.22. The first kappa shape index (κ1) is 25.7. The molecule has 0 radical (unpaired) electrons. The van der Waals surface area contributed by atoms with E-state index in [1.54, 1.807) is 18.2 Å². The minimum Gasteiger partial charge on any atom is -0.505 e. The van der Waals surface area contributed by atoms with Crippen LogP contribution in [0.25, 0.3) is 16.7 Å². The molecule has 0 bridgehead atoms. The Balaban J connectivity index is 1.94. The zero-order valence-corrected chi connectivity index (χ0v) is 22.1. The molecule has 3 N–H and O–H groups in total. The number of aromatic hydroxyl groups is 1. The Hall–Kier alpha value is -3.42. The van der Waals surface area contributed by atoms with Crippen LogP contribution in [0.15, 0.2) is 60.7 Å². The molecule has 7 heteroatoms. The second-order valence-electron chi connectivity index (χ2n) is 11.9. The molecule has 1 aromatic heterocycles. The Bertz CT molecular complexity index is 1370. The van der Waals surface area contributed by atoms with Crippen LogP contribution in [0.5, 0.6) is 5.75 Å². The predicted molar refractivity (Wildman–Crippen MR) is 144 cm³/mol. The number of fused-ring (bicyclic) bond motifs is 1. The molecule has 1 heterocycles. The van der Waals surface area contributed by atoms with Gasteiger partial charge in [-0.25, -0.2) is 10.7 Å². The lowest BCUT2D eigenvalue weighted by atomic mass is 9.70. The first-order chi connectivity index (χ1) is 16.8. The predicted octanol–water partition coefficient (Wildman–Crippen LogP) is 6.98. The Morgan fingerprint density at radius 2 is 1.50 bits per heavy atom. The normalized spacial score (nSPS) is 12.8. The van der Waals surface area contributed by atoms with Gasteiger partial charge in [-0.3, -0.25) is 0 Å². The molecule has 4 rings (SSSR count). The molecule has 0 fully saturated rings. The standard InChI is InChI=1S/C29H36N4O3/c1-27(2,3)18-28(4,5)20-15-22(29(6,7)19-11-9-8-10-12-19)26(34)25(16-20)33-30-23-14-13-21(32-36-35)17-24(23)31-33/h8-17,32,34-35H,18H2,1-7H3. The molecule has 0 amide bonds. The Labute approximate surface area is 212 Å². The summed E-state index contributed by atoms with van der Waals surface area (Å²) < 4.78 is 0. The van der Waals surface area contributed by atoms with E-state index < -0.39 is 5.41 Å². The lowest BCUT2D eigenvalue weighted by Gasteiger charge is -2.35. The third-order valence-electron chi connectivity index (χ3n) is 6.77. The fourth-order valence-corrected chi connectivity index (χ4v) is 5.22. The number of nitrogens with zero attached hydrogens (tertiary/aromatic N) is 3. The molecular weight excluding hydrogens is 452 g/mol. The number of hydrogen-bond donors (Lipinski definition) is 3. The molecule has 0 unspecified atom stereocenters. The molecule has 3 aromatic carbocycles. The van der Waals surface area contributed by atoms with Gasteiger partial charge in [0.05, 0.1) is 5.69 Å². The summed E-state index contributed by atoms with van der Waals surface area (Å²) in [5.41, 5.74) is 7.23. The minimum atomic E-state index is -0.462. The number of rotatable bonds is 7. The molecular formula is C29H36N4O3. The summed E-state index contributed by atoms with van der Waals surface area (Å²) in [6, 6.07) is 19.6. The van der Waals surface area contributed by atoms with E-state index in [-0.39, 0.29) is 16.6 Å². The SMILES string of the molecule is CC(C)(C)CC(C)(C)c1cc(-n2nc3ccc(NOO)cc3n2)c(O)c(C(C)(C)c2ccccc2)c1. The molecule has 0 aliphatic heterocycles. The van der Waals surface area contributed by atoms with Gasteiger partial charge in [-0.1, -0.05) is 84.9 Å². The highest BCUT2D eigenvalue weighted by Crippen LogP contribution is 2.44. The average Bonchev–Trinajstić information content (AvgIpc) is 3.21. The molecule has 0 spiro atoms. The fraction of sp³-hybridized carbons (Fsp3) is 0.379. The van der Waals surface area contributed by atoms with E-state index in [0.717, 1.165) is 23.1 Å². The van der Waals surface area contributed by atoms with Crippen molar-refractivity contribution in [3.63, 3.8) is 0 Å². The molecule has 0 saturated carbocycles. The van der Waals surface area contributed by atoms with Crippen LogP contribution in [0.4, 0.5) is 5.69 Å². The van der Waals surface area contributed by atoms with E-state index in [1.165, 1.54) is 4.80 Å². The molecule has 4 aromatic rings. The monoisotopic (exact) mass is 488 g/mol. The van der Waals surface area contributed by atoms with Crippen molar-refractivity contribution in [3.05, 3.63) is 77.4 Å². The van der Waals surface area contributed by atoms with Crippen molar-refractivity contribution in [2.24, 2.45) is 5.41 Å². The molecule has 0 saturated heterocycles. The number of phenolic OH excluding ortho intramolecular Hbond substituents is 1. The van der Waals surface area contributed by atoms with Gasteiger partial charge in [-0.05, 0) is 52.6 Å². The van der Waals surface area contributed by atoms with Gasteiger partial charge in [-0.2, -0.15) is 0 Å². The zero-order chi connectivity index (χ0) is 26.3. The Morgan fingerprint density at radius 1 is 0.833 bits per heavy atom. The van der Waals surface area contributed by atoms with Gasteiger partial charge in [0.15, 0.2) is 0 Å². The maximum atomic E-state index is 11.7. The van der Waals surface area contributed by atoms with Crippen LogP contribution < -0.4 is 5.48 Å². The van der Waals surface area contributed by atoms with Crippen LogP contribution in [0.2, 0.25) is 0 Å². The van der Waals surface area contributed by atoms with E-state index in [9.17, 15) is 5.11 Å². The third-order valence-corrected chi connectivity index (χ3v) is 6.77. The maximum Gasteiger partial charge on any atom is 0.147 e. The summed E-state index contributed by atoms with van der Waals surface area (Å²) >= 11 is 0. The number of aromatic nitrogens is 3. The molecule has 36 heavy (non-hydrogen) atoms. The van der Waals surface area contributed by atoms with Gasteiger partial charge in [0.1, 0.15) is 22.5 Å². The van der Waals surface area contributed by atoms with Crippen molar-refractivity contribution in [2.45, 2.75) is 65.7 Å². The lowest BCUT2D eigenvalue weighted by molar-refractivity contribution is -0.215. The highest BCUT2D eigenvalue weighted by molar-refractivity contribution is 5.78. The van der Waals surface area contributed by atoms with Crippen molar-refractivity contribution >= 4 is 16.7 Å². The number of phenols is 1.